The summed E-state index contributed by atoms with van der Waals surface area (Å²) < 4.78 is 113. The number of ether oxygens (including phenoxy) is 2. The third-order valence-corrected chi connectivity index (χ3v) is 12.4. The number of hydrogen-bond donors (Lipinski definition) is 0. The minimum absolute atomic E-state index is 0.00448. The van der Waals surface area contributed by atoms with Gasteiger partial charge in [-0.1, -0.05) is 86.0 Å². The Hall–Kier alpha value is -5.51. The Bertz CT molecular complexity index is 2360. The van der Waals surface area contributed by atoms with Gasteiger partial charge in [-0.05, 0) is 59.9 Å². The number of carbonyl (C=O) groups is 2. The zero-order chi connectivity index (χ0) is 41.0. The number of amides is 1. The molecule has 58 heavy (non-hydrogen) atoms. The summed E-state index contributed by atoms with van der Waals surface area (Å²) >= 11 is 0. The van der Waals surface area contributed by atoms with Crippen molar-refractivity contribution in [1.82, 2.24) is 9.29 Å². The van der Waals surface area contributed by atoms with Gasteiger partial charge in [0.2, 0.25) is 11.5 Å². The molecule has 0 radical (unpaired) electrons. The summed E-state index contributed by atoms with van der Waals surface area (Å²) in [4.78, 5) is 31.8. The van der Waals surface area contributed by atoms with Crippen LogP contribution in [0.1, 0.15) is 77.2 Å². The number of pyridine rings is 1. The monoisotopic (exact) mass is 819 g/mol. The molecule has 1 saturated heterocycles. The normalized spacial score (nSPS) is 17.4. The molecule has 2 aliphatic rings. The molecule has 1 aliphatic carbocycles. The lowest BCUT2D eigenvalue weighted by molar-refractivity contribution is -0.194. The molecule has 0 spiro atoms. The van der Waals surface area contributed by atoms with E-state index in [9.17, 15) is 26.4 Å². The Kier molecular flexibility index (Phi) is 12.0. The molecule has 5 aromatic rings. The Morgan fingerprint density at radius 3 is 1.86 bits per heavy atom. The number of benzene rings is 4. The Morgan fingerprint density at radius 2 is 1.31 bits per heavy atom. The van der Waals surface area contributed by atoms with E-state index < -0.39 is 68.2 Å². The van der Waals surface area contributed by atoms with Crippen molar-refractivity contribution in [3.8, 4) is 0 Å². The summed E-state index contributed by atoms with van der Waals surface area (Å²) in [7, 11) is -5.65. The third-order valence-electron chi connectivity index (χ3n) is 10.5. The summed E-state index contributed by atoms with van der Waals surface area (Å²) in [5.41, 5.74) is 0.426. The van der Waals surface area contributed by atoms with E-state index in [1.165, 1.54) is 29.2 Å². The lowest BCUT2D eigenvalue weighted by Gasteiger charge is -2.50. The summed E-state index contributed by atoms with van der Waals surface area (Å²) in [6.07, 6.45) is 6.55. The van der Waals surface area contributed by atoms with Gasteiger partial charge in [-0.25, -0.2) is 35.2 Å². The van der Waals surface area contributed by atoms with Crippen molar-refractivity contribution in [1.29, 1.82) is 0 Å². The van der Waals surface area contributed by atoms with E-state index in [1.807, 2.05) is 12.1 Å². The first-order chi connectivity index (χ1) is 27.9. The minimum atomic E-state index is -5.65. The Labute approximate surface area is 332 Å². The van der Waals surface area contributed by atoms with Crippen LogP contribution in [0.3, 0.4) is 0 Å². The van der Waals surface area contributed by atoms with E-state index in [2.05, 4.69) is 4.98 Å². The highest BCUT2D eigenvalue weighted by molar-refractivity contribution is 7.89. The van der Waals surface area contributed by atoms with Gasteiger partial charge in [-0.3, -0.25) is 9.78 Å². The van der Waals surface area contributed by atoms with E-state index in [0.29, 0.717) is 15.4 Å². The molecule has 0 bridgehead atoms. The summed E-state index contributed by atoms with van der Waals surface area (Å²) in [6, 6.07) is 26.7. The van der Waals surface area contributed by atoms with E-state index in [-0.39, 0.29) is 43.3 Å². The number of aromatic nitrogens is 1. The van der Waals surface area contributed by atoms with Crippen molar-refractivity contribution in [2.24, 2.45) is 0 Å². The highest BCUT2D eigenvalue weighted by Gasteiger charge is 2.61. The molecular weight excluding hydrogens is 782 g/mol. The first kappa shape index (κ1) is 40.7. The van der Waals surface area contributed by atoms with Crippen LogP contribution < -0.4 is 4.90 Å². The predicted molar refractivity (Wildman–Crippen MR) is 202 cm³/mol. The molecule has 9 nitrogen and oxygen atoms in total. The number of halogens is 5. The van der Waals surface area contributed by atoms with Crippen molar-refractivity contribution in [3.63, 3.8) is 0 Å². The number of hydrogen-bond acceptors (Lipinski definition) is 7. The van der Waals surface area contributed by atoms with Gasteiger partial charge in [0.05, 0.1) is 18.7 Å². The van der Waals surface area contributed by atoms with Crippen molar-refractivity contribution in [2.45, 2.75) is 74.8 Å². The summed E-state index contributed by atoms with van der Waals surface area (Å²) in [5.74, 6) is -14.0. The maximum atomic E-state index is 15.1. The number of sulfonamides is 1. The molecule has 4 aromatic carbocycles. The van der Waals surface area contributed by atoms with Gasteiger partial charge >= 0.3 is 5.97 Å². The number of esters is 1. The molecule has 0 N–H and O–H groups in total. The molecular formula is C43H38F5N3O6S. The lowest BCUT2D eigenvalue weighted by Crippen LogP contribution is -2.70. The molecule has 1 saturated carbocycles. The standard InChI is InChI=1S/C43H38F5N3O6S/c44-35-36(45)38(47)40(39(48)37(35)46)58(54,55)51-23-22-43(51,57-27-29-12-6-2-7-13-29)42(53)50(25-30-16-21-34(49-24-30)31-14-8-3-9-15-31)33-19-17-32(18-20-33)41(52)56-26-28-10-4-1-5-11-28/h1-2,4-7,10-13,16-21,24,31H,3,8-9,14-15,22-23,25-27H2/t43-/m1/s1. The van der Waals surface area contributed by atoms with E-state index >= 15 is 13.6 Å². The fourth-order valence-electron chi connectivity index (χ4n) is 7.27. The molecule has 15 heteroatoms. The van der Waals surface area contributed by atoms with E-state index in [4.69, 9.17) is 9.47 Å². The Balaban J connectivity index is 1.27. The maximum absolute atomic E-state index is 15.1. The van der Waals surface area contributed by atoms with Crippen molar-refractivity contribution >= 4 is 27.6 Å². The summed E-state index contributed by atoms with van der Waals surface area (Å²) in [5, 5.41) is 0. The first-order valence-corrected chi connectivity index (χ1v) is 20.1. The van der Waals surface area contributed by atoms with Crippen LogP contribution in [0.2, 0.25) is 0 Å². The Morgan fingerprint density at radius 1 is 0.724 bits per heavy atom. The van der Waals surface area contributed by atoms with Crippen LogP contribution in [0.15, 0.2) is 108 Å². The van der Waals surface area contributed by atoms with E-state index in [1.54, 1.807) is 66.9 Å². The minimum Gasteiger partial charge on any atom is -0.457 e. The third kappa shape index (κ3) is 8.11. The van der Waals surface area contributed by atoms with Crippen LogP contribution in [0.4, 0.5) is 27.6 Å². The number of rotatable bonds is 13. The molecule has 0 unspecified atom stereocenters. The highest BCUT2D eigenvalue weighted by atomic mass is 32.2. The maximum Gasteiger partial charge on any atom is 0.338 e. The predicted octanol–water partition coefficient (Wildman–Crippen LogP) is 8.72. The van der Waals surface area contributed by atoms with Gasteiger partial charge in [0.25, 0.3) is 15.9 Å². The lowest BCUT2D eigenvalue weighted by atomic mass is 9.86. The van der Waals surface area contributed by atoms with Crippen LogP contribution in [-0.2, 0) is 44.1 Å². The van der Waals surface area contributed by atoms with Gasteiger partial charge in [0.1, 0.15) is 6.61 Å². The average molecular weight is 820 g/mol. The van der Waals surface area contributed by atoms with E-state index in [0.717, 1.165) is 43.4 Å². The smallest absolute Gasteiger partial charge is 0.338 e. The molecule has 2 fully saturated rings. The van der Waals surface area contributed by atoms with Gasteiger partial charge in [-0.15, -0.1) is 0 Å². The van der Waals surface area contributed by atoms with Crippen LogP contribution in [0.5, 0.6) is 0 Å². The van der Waals surface area contributed by atoms with Crippen molar-refractivity contribution in [3.05, 3.63) is 160 Å². The first-order valence-electron chi connectivity index (χ1n) is 18.7. The van der Waals surface area contributed by atoms with Crippen LogP contribution >= 0.6 is 0 Å². The van der Waals surface area contributed by atoms with Gasteiger partial charge in [-0.2, -0.15) is 4.31 Å². The molecule has 1 aliphatic heterocycles. The van der Waals surface area contributed by atoms with Crippen molar-refractivity contribution < 1.29 is 49.4 Å². The van der Waals surface area contributed by atoms with Crippen LogP contribution in [-0.4, -0.2) is 41.9 Å². The van der Waals surface area contributed by atoms with Crippen LogP contribution in [0, 0.1) is 29.1 Å². The average Bonchev–Trinajstić information content (AvgIpc) is 3.24. The second-order valence-corrected chi connectivity index (χ2v) is 16.0. The zero-order valence-electron chi connectivity index (χ0n) is 31.1. The second-order valence-electron chi connectivity index (χ2n) is 14.2. The molecule has 7 rings (SSSR count). The van der Waals surface area contributed by atoms with Gasteiger partial charge < -0.3 is 14.4 Å². The second kappa shape index (κ2) is 17.1. The highest BCUT2D eigenvalue weighted by Crippen LogP contribution is 2.43. The van der Waals surface area contributed by atoms with Crippen LogP contribution in [0.25, 0.3) is 0 Å². The molecule has 1 aromatic heterocycles. The largest absolute Gasteiger partial charge is 0.457 e. The zero-order valence-corrected chi connectivity index (χ0v) is 31.9. The van der Waals surface area contributed by atoms with Crippen molar-refractivity contribution in [2.75, 3.05) is 11.4 Å². The topological polar surface area (TPSA) is 106 Å². The number of carbonyl (C=O) groups excluding carboxylic acids is 2. The number of nitrogens with zero attached hydrogens (tertiary/aromatic N) is 3. The number of anilines is 1. The molecule has 302 valence electrons. The fraction of sp³-hybridized carbons (Fsp3) is 0.279. The SMILES string of the molecule is O=C(OCc1ccccc1)c1ccc(N(Cc2ccc(C3CCCCC3)nc2)C(=O)[C@]2(OCc3ccccc3)CCN2S(=O)(=O)c2c(F)c(F)c(F)c(F)c2F)cc1. The van der Waals surface area contributed by atoms with Gasteiger partial charge in [0, 0.05) is 36.5 Å². The molecule has 1 atom stereocenters. The fourth-order valence-corrected chi connectivity index (χ4v) is 9.06. The summed E-state index contributed by atoms with van der Waals surface area (Å²) in [6.45, 7) is -1.17. The van der Waals surface area contributed by atoms with Gasteiger partial charge in [0.15, 0.2) is 28.2 Å². The molecule has 1 amide bonds. The molecule has 2 heterocycles. The quantitative estimate of drug-likeness (QED) is 0.0507.